The van der Waals surface area contributed by atoms with Crippen molar-refractivity contribution in [1.29, 1.82) is 0 Å². The van der Waals surface area contributed by atoms with Gasteiger partial charge in [0.05, 0.1) is 21.8 Å². The highest BCUT2D eigenvalue weighted by atomic mass is 35.5. The van der Waals surface area contributed by atoms with E-state index in [1.165, 1.54) is 19.3 Å². The lowest BCUT2D eigenvalue weighted by atomic mass is 9.88. The molecule has 6 heteroatoms. The van der Waals surface area contributed by atoms with E-state index in [4.69, 9.17) is 16.6 Å². The minimum absolute atomic E-state index is 0.0282. The molecule has 1 saturated heterocycles. The number of carbonyl (C=O) groups is 2. The molecule has 1 saturated carbocycles. The van der Waals surface area contributed by atoms with E-state index >= 15 is 0 Å². The topological polar surface area (TPSA) is 53.5 Å². The highest BCUT2D eigenvalue weighted by Gasteiger charge is 2.31. The molecule has 5 nitrogen and oxygen atoms in total. The fourth-order valence-electron chi connectivity index (χ4n) is 5.05. The molecule has 0 N–H and O–H groups in total. The summed E-state index contributed by atoms with van der Waals surface area (Å²) >= 11 is 6.23. The van der Waals surface area contributed by atoms with Crippen molar-refractivity contribution in [2.45, 2.75) is 63.8 Å². The number of aromatic nitrogens is 1. The van der Waals surface area contributed by atoms with Crippen LogP contribution in [0.25, 0.3) is 0 Å². The molecule has 0 spiro atoms. The fraction of sp³-hybridized carbons (Fsp3) is 0.500. The van der Waals surface area contributed by atoms with Crippen molar-refractivity contribution in [2.24, 2.45) is 0 Å². The number of aryl methyl sites for hydroxylation is 1. The number of rotatable bonds is 4. The van der Waals surface area contributed by atoms with Crippen molar-refractivity contribution in [3.8, 4) is 0 Å². The first-order chi connectivity index (χ1) is 15.5. The van der Waals surface area contributed by atoms with Gasteiger partial charge in [0.25, 0.3) is 11.8 Å². The molecular weight excluding hydrogens is 422 g/mol. The molecule has 0 radical (unpaired) electrons. The summed E-state index contributed by atoms with van der Waals surface area (Å²) in [5.74, 6) is 0.220. The Morgan fingerprint density at radius 3 is 2.34 bits per heavy atom. The van der Waals surface area contributed by atoms with Crippen LogP contribution in [0, 0.1) is 6.92 Å². The van der Waals surface area contributed by atoms with Gasteiger partial charge in [0, 0.05) is 37.8 Å². The lowest BCUT2D eigenvalue weighted by Gasteiger charge is -2.34. The van der Waals surface area contributed by atoms with Gasteiger partial charge >= 0.3 is 0 Å². The second-order valence-corrected chi connectivity index (χ2v) is 9.55. The maximum absolute atomic E-state index is 13.4. The molecular formula is C26H32ClN3O2. The second-order valence-electron chi connectivity index (χ2n) is 9.14. The molecule has 2 amide bonds. The van der Waals surface area contributed by atoms with Crippen LogP contribution in [0.15, 0.2) is 36.4 Å². The zero-order chi connectivity index (χ0) is 22.7. The Morgan fingerprint density at radius 1 is 0.969 bits per heavy atom. The van der Waals surface area contributed by atoms with Gasteiger partial charge < -0.3 is 9.80 Å². The van der Waals surface area contributed by atoms with Gasteiger partial charge in [-0.2, -0.15) is 0 Å². The van der Waals surface area contributed by atoms with Crippen LogP contribution in [0.3, 0.4) is 0 Å². The van der Waals surface area contributed by atoms with Gasteiger partial charge in [0.1, 0.15) is 0 Å². The van der Waals surface area contributed by atoms with E-state index < -0.39 is 0 Å². The Bertz CT molecular complexity index is 979. The molecule has 4 rings (SSSR count). The molecule has 1 aromatic heterocycles. The first-order valence-corrected chi connectivity index (χ1v) is 12.1. The number of amides is 2. The van der Waals surface area contributed by atoms with Crippen LogP contribution in [-0.4, -0.2) is 52.8 Å². The third-order valence-electron chi connectivity index (χ3n) is 7.01. The van der Waals surface area contributed by atoms with E-state index in [-0.39, 0.29) is 17.7 Å². The number of benzene rings is 1. The third kappa shape index (κ3) is 4.83. The first kappa shape index (κ1) is 22.8. The Balaban J connectivity index is 1.48. The maximum atomic E-state index is 13.4. The normalized spacial score (nSPS) is 17.9. The smallest absolute Gasteiger partial charge is 0.255 e. The highest BCUT2D eigenvalue weighted by Crippen LogP contribution is 2.32. The quantitative estimate of drug-likeness (QED) is 0.616. The number of carbonyl (C=O) groups excluding carboxylic acids is 2. The summed E-state index contributed by atoms with van der Waals surface area (Å²) in [6, 6.07) is 11.4. The average Bonchev–Trinajstić information content (AvgIpc) is 2.83. The first-order valence-electron chi connectivity index (χ1n) is 11.7. The second kappa shape index (κ2) is 10.0. The van der Waals surface area contributed by atoms with Crippen LogP contribution in [0.4, 0.5) is 0 Å². The predicted octanol–water partition coefficient (Wildman–Crippen LogP) is 5.47. The van der Waals surface area contributed by atoms with Gasteiger partial charge in [-0.1, -0.05) is 43.0 Å². The van der Waals surface area contributed by atoms with Crippen LogP contribution in [0.5, 0.6) is 0 Å². The SMILES string of the molecule is Cc1ccc(C(=O)N(C)C2CCCCC2)c(C2CCN(C(=O)c3ccccc3Cl)CC2)n1. The summed E-state index contributed by atoms with van der Waals surface area (Å²) in [6.07, 6.45) is 7.40. The molecule has 32 heavy (non-hydrogen) atoms. The lowest BCUT2D eigenvalue weighted by Crippen LogP contribution is -2.40. The third-order valence-corrected chi connectivity index (χ3v) is 7.34. The minimum Gasteiger partial charge on any atom is -0.339 e. The molecule has 2 heterocycles. The highest BCUT2D eigenvalue weighted by molar-refractivity contribution is 6.33. The fourth-order valence-corrected chi connectivity index (χ4v) is 5.27. The van der Waals surface area contributed by atoms with Crippen LogP contribution in [-0.2, 0) is 0 Å². The zero-order valence-corrected chi connectivity index (χ0v) is 19.8. The van der Waals surface area contributed by atoms with E-state index in [2.05, 4.69) is 0 Å². The van der Waals surface area contributed by atoms with E-state index in [0.717, 1.165) is 42.6 Å². The molecule has 1 aliphatic heterocycles. The summed E-state index contributed by atoms with van der Waals surface area (Å²) in [4.78, 5) is 35.0. The molecule has 0 unspecified atom stereocenters. The van der Waals surface area contributed by atoms with Gasteiger partial charge in [-0.25, -0.2) is 0 Å². The summed E-state index contributed by atoms with van der Waals surface area (Å²) in [7, 11) is 1.94. The number of hydrogen-bond donors (Lipinski definition) is 0. The summed E-state index contributed by atoms with van der Waals surface area (Å²) in [5.41, 5.74) is 3.08. The number of nitrogens with zero attached hydrogens (tertiary/aromatic N) is 3. The number of halogens is 1. The van der Waals surface area contributed by atoms with Crippen LogP contribution < -0.4 is 0 Å². The minimum atomic E-state index is -0.0282. The van der Waals surface area contributed by atoms with Crippen molar-refractivity contribution in [3.63, 3.8) is 0 Å². The monoisotopic (exact) mass is 453 g/mol. The number of likely N-dealkylation sites (tertiary alicyclic amines) is 1. The largest absolute Gasteiger partial charge is 0.339 e. The van der Waals surface area contributed by atoms with E-state index in [1.807, 2.05) is 48.0 Å². The standard InChI is InChI=1S/C26H32ClN3O2/c1-18-12-13-22(25(31)29(2)20-8-4-3-5-9-20)24(28-18)19-14-16-30(17-15-19)26(32)21-10-6-7-11-23(21)27/h6-7,10-13,19-20H,3-5,8-9,14-17H2,1-2H3. The Kier molecular flexibility index (Phi) is 7.14. The molecule has 2 fully saturated rings. The molecule has 2 aliphatic rings. The molecule has 0 atom stereocenters. The van der Waals surface area contributed by atoms with E-state index in [9.17, 15) is 9.59 Å². The predicted molar refractivity (Wildman–Crippen MR) is 127 cm³/mol. The lowest BCUT2D eigenvalue weighted by molar-refractivity contribution is 0.0680. The van der Waals surface area contributed by atoms with Crippen molar-refractivity contribution >= 4 is 23.4 Å². The van der Waals surface area contributed by atoms with Crippen LogP contribution in [0.1, 0.15) is 83.0 Å². The van der Waals surface area contributed by atoms with E-state index in [1.54, 1.807) is 12.1 Å². The maximum Gasteiger partial charge on any atom is 0.255 e. The summed E-state index contributed by atoms with van der Waals surface area (Å²) < 4.78 is 0. The summed E-state index contributed by atoms with van der Waals surface area (Å²) in [5, 5.41) is 0.485. The zero-order valence-electron chi connectivity index (χ0n) is 19.0. The molecule has 1 aliphatic carbocycles. The van der Waals surface area contributed by atoms with Crippen molar-refractivity contribution in [1.82, 2.24) is 14.8 Å². The average molecular weight is 454 g/mol. The van der Waals surface area contributed by atoms with Crippen molar-refractivity contribution in [2.75, 3.05) is 20.1 Å². The van der Waals surface area contributed by atoms with Gasteiger partial charge in [-0.05, 0) is 56.9 Å². The van der Waals surface area contributed by atoms with Gasteiger partial charge in [0.15, 0.2) is 0 Å². The molecule has 0 bridgehead atoms. The van der Waals surface area contributed by atoms with Gasteiger partial charge in [-0.15, -0.1) is 0 Å². The Morgan fingerprint density at radius 2 is 1.66 bits per heavy atom. The number of piperidine rings is 1. The van der Waals surface area contributed by atoms with Crippen LogP contribution >= 0.6 is 11.6 Å². The molecule has 2 aromatic rings. The number of pyridine rings is 1. The molecule has 170 valence electrons. The van der Waals surface area contributed by atoms with Crippen molar-refractivity contribution < 1.29 is 9.59 Å². The van der Waals surface area contributed by atoms with Gasteiger partial charge in [0.2, 0.25) is 0 Å². The van der Waals surface area contributed by atoms with E-state index in [0.29, 0.717) is 29.7 Å². The van der Waals surface area contributed by atoms with Crippen LogP contribution in [0.2, 0.25) is 5.02 Å². The van der Waals surface area contributed by atoms with Crippen molar-refractivity contribution in [3.05, 3.63) is 63.9 Å². The van der Waals surface area contributed by atoms with Gasteiger partial charge in [-0.3, -0.25) is 14.6 Å². The Hall–Kier alpha value is -2.40. The molecule has 1 aromatic carbocycles. The Labute approximate surface area is 195 Å². The number of hydrogen-bond acceptors (Lipinski definition) is 3. The summed E-state index contributed by atoms with van der Waals surface area (Å²) in [6.45, 7) is 3.24.